The van der Waals surface area contributed by atoms with Crippen LogP contribution in [0, 0.1) is 0 Å². The Balaban J connectivity index is 3.96. The molecule has 0 nitrogen and oxygen atoms in total. The minimum atomic E-state index is -0.426. The van der Waals surface area contributed by atoms with Crippen molar-refractivity contribution >= 4 is 182 Å². The van der Waals surface area contributed by atoms with Crippen LogP contribution in [0.3, 0.4) is 0 Å². The van der Waals surface area contributed by atoms with Crippen LogP contribution in [-0.2, 0) is 0 Å². The van der Waals surface area contributed by atoms with Crippen molar-refractivity contribution in [2.24, 2.45) is 0 Å². The van der Waals surface area contributed by atoms with E-state index in [1.807, 2.05) is 139 Å². The van der Waals surface area contributed by atoms with Gasteiger partial charge in [-0.2, -0.15) is 0 Å². The Bertz CT molecular complexity index is 762. The molecule has 0 bridgehead atoms. The topological polar surface area (TPSA) is 0 Å². The van der Waals surface area contributed by atoms with Crippen LogP contribution in [-0.4, -0.2) is 158 Å². The zero-order chi connectivity index (χ0) is 19.8. The van der Waals surface area contributed by atoms with Crippen LogP contribution in [0.15, 0.2) is 0 Å². The Morgan fingerprint density at radius 3 is 1.04 bits per heavy atom. The molecule has 0 aliphatic heterocycles. The molecular formula is C2H5B23IP. The van der Waals surface area contributed by atoms with Crippen molar-refractivity contribution in [3.8, 4) is 0 Å². The van der Waals surface area contributed by atoms with Crippen LogP contribution in [0.5, 0.6) is 0 Å². The third-order valence-corrected chi connectivity index (χ3v) is 4.53. The summed E-state index contributed by atoms with van der Waals surface area (Å²) in [6.45, 7) is 44.1. The van der Waals surface area contributed by atoms with E-state index in [1.54, 1.807) is 0 Å². The molecule has 25 heteroatoms. The van der Waals surface area contributed by atoms with Gasteiger partial charge in [0, 0.05) is 0 Å². The molecule has 0 aromatic heterocycles. The molecular weight excluding hydrogens is 431 g/mol. The molecule has 0 saturated carbocycles. The fourth-order valence-corrected chi connectivity index (χ4v) is 2.23. The molecule has 1 atom stereocenters. The van der Waals surface area contributed by atoms with E-state index in [9.17, 15) is 0 Å². The van der Waals surface area contributed by atoms with Gasteiger partial charge in [0.1, 0.15) is 0 Å². The average molecular weight is 436 g/mol. The monoisotopic (exact) mass is 440 g/mol. The van der Waals surface area contributed by atoms with E-state index in [-0.39, 0.29) is 0 Å². The Morgan fingerprint density at radius 2 is 0.778 bits per heavy atom. The molecule has 0 aromatic rings. The second-order valence-electron chi connectivity index (χ2n) is 4.95. The first-order valence-corrected chi connectivity index (χ1v) is 11.7. The molecule has 0 heterocycles. The van der Waals surface area contributed by atoms with Gasteiger partial charge >= 0.3 is 195 Å². The molecule has 27 heavy (non-hydrogen) atoms. The maximum atomic E-state index is 5.85. The van der Waals surface area contributed by atoms with Crippen molar-refractivity contribution in [1.29, 1.82) is 0 Å². The second-order valence-corrected chi connectivity index (χ2v) is 7.63. The summed E-state index contributed by atoms with van der Waals surface area (Å²) >= 11 is 2.19. The van der Waals surface area contributed by atoms with Gasteiger partial charge in [-0.05, 0) is 0 Å². The van der Waals surface area contributed by atoms with E-state index in [0.29, 0.717) is 0 Å². The normalized spacial score (nSPS) is 8.67. The zero-order valence-corrected chi connectivity index (χ0v) is 18.9. The van der Waals surface area contributed by atoms with Crippen molar-refractivity contribution in [3.05, 3.63) is 0 Å². The van der Waals surface area contributed by atoms with Gasteiger partial charge in [-0.25, -0.2) is 0 Å². The van der Waals surface area contributed by atoms with E-state index < -0.39 is 7.12 Å². The number of hydrogen-bond donors (Lipinski definition) is 0. The molecule has 94 valence electrons. The molecule has 0 radical (unpaired) electrons. The van der Waals surface area contributed by atoms with Crippen molar-refractivity contribution in [2.75, 3.05) is 6.16 Å². The standard InChI is InChI=1S/C2H5B23IP/c1-2-27(3)25-23-21-19-17-15-13-11-9-7-5-4-6-8-10-12-14-16-18-20-22-24-26/h2H2,1H3. The van der Waals surface area contributed by atoms with Gasteiger partial charge in [0.2, 0.25) is 0 Å². The first-order valence-electron chi connectivity index (χ1n) is 8.76. The van der Waals surface area contributed by atoms with Gasteiger partial charge in [0.05, 0.1) is 0 Å². The number of halogens is 1. The van der Waals surface area contributed by atoms with Crippen LogP contribution >= 0.6 is 29.5 Å². The van der Waals surface area contributed by atoms with E-state index in [4.69, 9.17) is 7.01 Å². The maximum absolute atomic E-state index is 5.85. The SMILES string of the molecule is B#P(B=BB=BB=BB=BB=BB=BB=BB=BB=BB=BB=BI)CC. The number of rotatable bonds is 10. The Labute approximate surface area is 193 Å². The predicted octanol–water partition coefficient (Wildman–Crippen LogP) is -6.46. The van der Waals surface area contributed by atoms with Gasteiger partial charge in [0.25, 0.3) is 0 Å². The van der Waals surface area contributed by atoms with Gasteiger partial charge in [-0.3, -0.25) is 0 Å². The Morgan fingerprint density at radius 1 is 0.519 bits per heavy atom. The van der Waals surface area contributed by atoms with E-state index in [1.165, 1.54) is 0 Å². The number of hydrogen-bond acceptors (Lipinski definition) is 0. The van der Waals surface area contributed by atoms with Crippen molar-refractivity contribution in [1.82, 2.24) is 0 Å². The van der Waals surface area contributed by atoms with E-state index in [0.717, 1.165) is 6.16 Å². The summed E-state index contributed by atoms with van der Waals surface area (Å²) in [6, 6.07) is 0. The van der Waals surface area contributed by atoms with Gasteiger partial charge < -0.3 is 0 Å². The van der Waals surface area contributed by atoms with Crippen LogP contribution in [0.25, 0.3) is 0 Å². The van der Waals surface area contributed by atoms with Crippen molar-refractivity contribution in [3.63, 3.8) is 0 Å². The summed E-state index contributed by atoms with van der Waals surface area (Å²) in [6.07, 6.45) is 1.03. The molecule has 0 saturated heterocycles. The van der Waals surface area contributed by atoms with E-state index in [2.05, 4.69) is 35.8 Å². The van der Waals surface area contributed by atoms with Crippen molar-refractivity contribution in [2.45, 2.75) is 6.92 Å². The first-order chi connectivity index (χ1) is 13.3. The molecule has 0 amide bonds. The Kier molecular flexibility index (Phi) is 29.0. The first kappa shape index (κ1) is 29.5. The summed E-state index contributed by atoms with van der Waals surface area (Å²) in [7, 11) is 5.42. The summed E-state index contributed by atoms with van der Waals surface area (Å²) in [5.41, 5.74) is 0. The molecule has 0 spiro atoms. The van der Waals surface area contributed by atoms with E-state index >= 15 is 0 Å². The summed E-state index contributed by atoms with van der Waals surface area (Å²) in [5, 5.41) is 0. The minimum absolute atomic E-state index is 0.426. The van der Waals surface area contributed by atoms with Crippen LogP contribution in [0.2, 0.25) is 0 Å². The molecule has 0 aromatic carbocycles. The van der Waals surface area contributed by atoms with Gasteiger partial charge in [0.15, 0.2) is 0 Å². The van der Waals surface area contributed by atoms with Crippen LogP contribution in [0.4, 0.5) is 0 Å². The molecule has 0 aliphatic rings. The van der Waals surface area contributed by atoms with Crippen LogP contribution in [0.1, 0.15) is 6.92 Å². The second kappa shape index (κ2) is 26.6. The third kappa shape index (κ3) is 26.5. The zero-order valence-electron chi connectivity index (χ0n) is 15.8. The van der Waals surface area contributed by atoms with Crippen molar-refractivity contribution < 1.29 is 0 Å². The van der Waals surface area contributed by atoms with Crippen LogP contribution < -0.4 is 0 Å². The fraction of sp³-hybridized carbons (Fsp3) is 1.00. The third-order valence-electron chi connectivity index (χ3n) is 2.83. The molecule has 1 unspecified atom stereocenters. The predicted molar refractivity (Wildman–Crippen MR) is 164 cm³/mol. The fourth-order valence-electron chi connectivity index (χ4n) is 1.46. The molecule has 0 rings (SSSR count). The van der Waals surface area contributed by atoms with Gasteiger partial charge in [-0.1, -0.05) is 0 Å². The average Bonchev–Trinajstić information content (AvgIpc) is 2.68. The van der Waals surface area contributed by atoms with Gasteiger partial charge in [-0.15, -0.1) is 0 Å². The summed E-state index contributed by atoms with van der Waals surface area (Å²) in [5.74, 6) is 0. The molecule has 0 N–H and O–H groups in total. The quantitative estimate of drug-likeness (QED) is 0.182. The Hall–Kier alpha value is 2.52. The summed E-state index contributed by atoms with van der Waals surface area (Å²) in [4.78, 5) is 0. The molecule has 0 aliphatic carbocycles. The summed E-state index contributed by atoms with van der Waals surface area (Å²) < 4.78 is 1.97. The molecule has 0 fully saturated rings.